The van der Waals surface area contributed by atoms with Crippen LogP contribution in [0.25, 0.3) is 22.2 Å². The molecular formula is C21H19ClN2O2. The first-order valence-electron chi connectivity index (χ1n) is 8.69. The van der Waals surface area contributed by atoms with Gasteiger partial charge in [0.1, 0.15) is 5.75 Å². The number of hydrogen-bond donors (Lipinski definition) is 1. The largest absolute Gasteiger partial charge is 0.496 e. The van der Waals surface area contributed by atoms with Crippen LogP contribution in [0.4, 0.5) is 5.69 Å². The molecule has 1 heterocycles. The van der Waals surface area contributed by atoms with Gasteiger partial charge in [-0.2, -0.15) is 0 Å². The third-order valence-electron chi connectivity index (χ3n) is 4.87. The molecule has 1 fully saturated rings. The summed E-state index contributed by atoms with van der Waals surface area (Å²) in [6, 6.07) is 15.2. The van der Waals surface area contributed by atoms with Gasteiger partial charge in [-0.1, -0.05) is 30.2 Å². The molecule has 0 unspecified atom stereocenters. The normalized spacial score (nSPS) is 14.1. The molecule has 0 bridgehead atoms. The first-order valence-corrected chi connectivity index (χ1v) is 9.07. The summed E-state index contributed by atoms with van der Waals surface area (Å²) in [6.07, 6.45) is 3.10. The second-order valence-corrected chi connectivity index (χ2v) is 7.00. The fourth-order valence-electron chi connectivity index (χ4n) is 3.12. The third kappa shape index (κ3) is 3.25. The van der Waals surface area contributed by atoms with Gasteiger partial charge in [0.2, 0.25) is 5.91 Å². The second kappa shape index (κ2) is 6.96. The molecule has 2 aromatic carbocycles. The van der Waals surface area contributed by atoms with Crippen LogP contribution in [0.2, 0.25) is 5.02 Å². The summed E-state index contributed by atoms with van der Waals surface area (Å²) in [5, 5.41) is 4.56. The molecule has 0 radical (unpaired) electrons. The molecular weight excluding hydrogens is 348 g/mol. The summed E-state index contributed by atoms with van der Waals surface area (Å²) < 4.78 is 5.57. The second-order valence-electron chi connectivity index (χ2n) is 6.57. The monoisotopic (exact) mass is 366 g/mol. The van der Waals surface area contributed by atoms with Crippen molar-refractivity contribution in [1.29, 1.82) is 0 Å². The topological polar surface area (TPSA) is 51.2 Å². The lowest BCUT2D eigenvalue weighted by Crippen LogP contribution is -2.27. The highest BCUT2D eigenvalue weighted by atomic mass is 35.5. The van der Waals surface area contributed by atoms with Crippen molar-refractivity contribution in [3.63, 3.8) is 0 Å². The van der Waals surface area contributed by atoms with E-state index in [4.69, 9.17) is 21.3 Å². The average molecular weight is 367 g/mol. The van der Waals surface area contributed by atoms with Crippen LogP contribution in [0.5, 0.6) is 5.75 Å². The minimum atomic E-state index is 0.0975. The fraction of sp³-hybridized carbons (Fsp3) is 0.238. The van der Waals surface area contributed by atoms with Crippen molar-refractivity contribution < 1.29 is 9.53 Å². The van der Waals surface area contributed by atoms with Gasteiger partial charge in [-0.25, -0.2) is 4.98 Å². The molecule has 1 saturated carbocycles. The molecule has 0 atom stereocenters. The number of ether oxygens (including phenoxy) is 1. The van der Waals surface area contributed by atoms with Crippen LogP contribution >= 0.6 is 11.6 Å². The molecule has 0 saturated heterocycles. The molecule has 0 aliphatic heterocycles. The van der Waals surface area contributed by atoms with Gasteiger partial charge < -0.3 is 10.1 Å². The van der Waals surface area contributed by atoms with Gasteiger partial charge in [-0.3, -0.25) is 4.79 Å². The van der Waals surface area contributed by atoms with Crippen molar-refractivity contribution in [2.45, 2.75) is 19.3 Å². The molecule has 132 valence electrons. The Hall–Kier alpha value is -2.59. The first kappa shape index (κ1) is 16.9. The van der Waals surface area contributed by atoms with Crippen LogP contribution in [0.15, 0.2) is 48.5 Å². The van der Waals surface area contributed by atoms with Crippen molar-refractivity contribution in [3.8, 4) is 17.0 Å². The number of aromatic nitrogens is 1. The first-order chi connectivity index (χ1) is 12.6. The average Bonchev–Trinajstić information content (AvgIpc) is 2.60. The van der Waals surface area contributed by atoms with Gasteiger partial charge in [0.25, 0.3) is 0 Å². The Morgan fingerprint density at radius 2 is 1.92 bits per heavy atom. The molecule has 1 N–H and O–H groups in total. The number of methoxy groups -OCH3 is 1. The van der Waals surface area contributed by atoms with Crippen LogP contribution in [0.3, 0.4) is 0 Å². The summed E-state index contributed by atoms with van der Waals surface area (Å²) in [7, 11) is 1.64. The standard InChI is InChI=1S/C21H19ClN2O2/c1-26-20-12-19(13-5-7-15(22)8-6-13)24-18-10-9-16(11-17(18)20)23-21(25)14-3-2-4-14/h5-12,14H,2-4H2,1H3,(H,23,25). The summed E-state index contributed by atoms with van der Waals surface area (Å²) in [5.41, 5.74) is 3.37. The van der Waals surface area contributed by atoms with Crippen molar-refractivity contribution in [1.82, 2.24) is 4.98 Å². The summed E-state index contributed by atoms with van der Waals surface area (Å²) >= 11 is 5.97. The zero-order valence-corrected chi connectivity index (χ0v) is 15.2. The number of hydrogen-bond acceptors (Lipinski definition) is 3. The third-order valence-corrected chi connectivity index (χ3v) is 5.13. The predicted molar refractivity (Wildman–Crippen MR) is 105 cm³/mol. The molecule has 1 amide bonds. The van der Waals surface area contributed by atoms with Crippen molar-refractivity contribution >= 4 is 34.1 Å². The molecule has 1 aromatic heterocycles. The molecule has 4 rings (SSSR count). The zero-order chi connectivity index (χ0) is 18.1. The summed E-state index contributed by atoms with van der Waals surface area (Å²) in [5.74, 6) is 0.970. The number of pyridine rings is 1. The van der Waals surface area contributed by atoms with Crippen molar-refractivity contribution in [2.75, 3.05) is 12.4 Å². The van der Waals surface area contributed by atoms with Crippen molar-refractivity contribution in [2.24, 2.45) is 5.92 Å². The highest BCUT2D eigenvalue weighted by Gasteiger charge is 2.25. The Balaban J connectivity index is 1.70. The summed E-state index contributed by atoms with van der Waals surface area (Å²) in [4.78, 5) is 16.9. The minimum absolute atomic E-state index is 0.0975. The van der Waals surface area contributed by atoms with E-state index in [1.807, 2.05) is 48.5 Å². The van der Waals surface area contributed by atoms with Gasteiger partial charge >= 0.3 is 0 Å². The number of amides is 1. The Bertz CT molecular complexity index is 966. The SMILES string of the molecule is COc1cc(-c2ccc(Cl)cc2)nc2ccc(NC(=O)C3CCC3)cc12. The smallest absolute Gasteiger partial charge is 0.227 e. The molecule has 4 nitrogen and oxygen atoms in total. The van der Waals surface area contributed by atoms with Gasteiger partial charge in [0, 0.05) is 33.6 Å². The van der Waals surface area contributed by atoms with Crippen molar-refractivity contribution in [3.05, 3.63) is 53.6 Å². The fourth-order valence-corrected chi connectivity index (χ4v) is 3.25. The zero-order valence-electron chi connectivity index (χ0n) is 14.5. The van der Waals surface area contributed by atoms with Crippen LogP contribution in [-0.2, 0) is 4.79 Å². The number of benzene rings is 2. The van der Waals surface area contributed by atoms with Crippen LogP contribution < -0.4 is 10.1 Å². The van der Waals surface area contributed by atoms with Crippen LogP contribution in [-0.4, -0.2) is 18.0 Å². The number of anilines is 1. The Morgan fingerprint density at radius 1 is 1.15 bits per heavy atom. The lowest BCUT2D eigenvalue weighted by Gasteiger charge is -2.24. The van der Waals surface area contributed by atoms with Gasteiger partial charge in [-0.15, -0.1) is 0 Å². The van der Waals surface area contributed by atoms with Gasteiger partial charge in [0.05, 0.1) is 18.3 Å². The number of nitrogens with one attached hydrogen (secondary N) is 1. The van der Waals surface area contributed by atoms with E-state index in [9.17, 15) is 4.79 Å². The number of fused-ring (bicyclic) bond motifs is 1. The highest BCUT2D eigenvalue weighted by molar-refractivity contribution is 6.30. The lowest BCUT2D eigenvalue weighted by atomic mass is 9.85. The Morgan fingerprint density at radius 3 is 2.58 bits per heavy atom. The number of nitrogens with zero attached hydrogens (tertiary/aromatic N) is 1. The lowest BCUT2D eigenvalue weighted by molar-refractivity contribution is -0.122. The number of carbonyl (C=O) groups excluding carboxylic acids is 1. The van der Waals surface area contributed by atoms with E-state index in [2.05, 4.69) is 5.32 Å². The van der Waals surface area contributed by atoms with E-state index in [0.29, 0.717) is 5.02 Å². The van der Waals surface area contributed by atoms with E-state index in [0.717, 1.165) is 52.9 Å². The van der Waals surface area contributed by atoms with Gasteiger partial charge in [0.15, 0.2) is 0 Å². The van der Waals surface area contributed by atoms with E-state index in [1.54, 1.807) is 7.11 Å². The highest BCUT2D eigenvalue weighted by Crippen LogP contribution is 2.33. The van der Waals surface area contributed by atoms with E-state index in [1.165, 1.54) is 0 Å². The maximum Gasteiger partial charge on any atom is 0.227 e. The quantitative estimate of drug-likeness (QED) is 0.681. The molecule has 1 aliphatic carbocycles. The Labute approximate surface area is 157 Å². The molecule has 5 heteroatoms. The minimum Gasteiger partial charge on any atom is -0.496 e. The maximum absolute atomic E-state index is 12.2. The van der Waals surface area contributed by atoms with Gasteiger partial charge in [-0.05, 0) is 43.2 Å². The number of rotatable bonds is 4. The molecule has 1 aliphatic rings. The van der Waals surface area contributed by atoms with E-state index < -0.39 is 0 Å². The number of carbonyl (C=O) groups is 1. The number of halogens is 1. The van der Waals surface area contributed by atoms with E-state index >= 15 is 0 Å². The molecule has 26 heavy (non-hydrogen) atoms. The van der Waals surface area contributed by atoms with Crippen LogP contribution in [0.1, 0.15) is 19.3 Å². The Kier molecular flexibility index (Phi) is 4.51. The molecule has 0 spiro atoms. The molecule has 3 aromatic rings. The summed E-state index contributed by atoms with van der Waals surface area (Å²) in [6.45, 7) is 0. The predicted octanol–water partition coefficient (Wildman–Crippen LogP) is 5.30. The maximum atomic E-state index is 12.2. The van der Waals surface area contributed by atoms with E-state index in [-0.39, 0.29) is 11.8 Å². The van der Waals surface area contributed by atoms with Crippen LogP contribution in [0, 0.1) is 5.92 Å².